The number of nitrogens with one attached hydrogen (secondary N) is 1. The lowest BCUT2D eigenvalue weighted by molar-refractivity contribution is 0.500. The van der Waals surface area contributed by atoms with Crippen LogP contribution in [0, 0.1) is 0 Å². The molecule has 1 nitrogen and oxygen atoms in total. The molecular weight excluding hydrogens is 342 g/mol. The molecule has 0 saturated carbocycles. The molecule has 1 aromatic carbocycles. The van der Waals surface area contributed by atoms with Crippen molar-refractivity contribution in [2.45, 2.75) is 32.4 Å². The summed E-state index contributed by atoms with van der Waals surface area (Å²) < 4.78 is 1.07. The van der Waals surface area contributed by atoms with Gasteiger partial charge < -0.3 is 5.32 Å². The van der Waals surface area contributed by atoms with E-state index in [1.165, 1.54) is 11.3 Å². The molecule has 1 unspecified atom stereocenters. The van der Waals surface area contributed by atoms with Crippen molar-refractivity contribution in [2.75, 3.05) is 0 Å². The lowest BCUT2D eigenvalue weighted by atomic mass is 10.1. The molecule has 0 aliphatic carbocycles. The van der Waals surface area contributed by atoms with Crippen LogP contribution in [-0.2, 0) is 6.54 Å². The van der Waals surface area contributed by atoms with E-state index in [0.717, 1.165) is 28.0 Å². The Hall–Kier alpha value is -0.350. The summed E-state index contributed by atoms with van der Waals surface area (Å²) in [5, 5.41) is 6.56. The third kappa shape index (κ3) is 4.32. The van der Waals surface area contributed by atoms with Crippen molar-refractivity contribution in [1.29, 1.82) is 0 Å². The standard InChI is InChI=1S/C15H17BrClNS/c1-2-4-14(15-5-3-8-19-15)18-10-11-9-12(16)6-7-13(11)17/h3,5-9,14,18H,2,4,10H2,1H3. The van der Waals surface area contributed by atoms with Gasteiger partial charge in [-0.3, -0.25) is 0 Å². The van der Waals surface area contributed by atoms with Crippen molar-refractivity contribution in [2.24, 2.45) is 0 Å². The minimum atomic E-state index is 0.417. The van der Waals surface area contributed by atoms with Gasteiger partial charge in [0.1, 0.15) is 0 Å². The number of benzene rings is 1. The molecule has 1 atom stereocenters. The van der Waals surface area contributed by atoms with Crippen LogP contribution in [0.25, 0.3) is 0 Å². The number of hydrogen-bond donors (Lipinski definition) is 1. The minimum absolute atomic E-state index is 0.417. The predicted octanol–water partition coefficient (Wildman–Crippen LogP) is 5.80. The normalized spacial score (nSPS) is 12.6. The minimum Gasteiger partial charge on any atom is -0.305 e. The topological polar surface area (TPSA) is 12.0 Å². The van der Waals surface area contributed by atoms with Crippen LogP contribution in [0.3, 0.4) is 0 Å². The van der Waals surface area contributed by atoms with Gasteiger partial charge in [0.25, 0.3) is 0 Å². The third-order valence-electron chi connectivity index (χ3n) is 3.01. The van der Waals surface area contributed by atoms with E-state index in [1.807, 2.05) is 23.5 Å². The number of halogens is 2. The zero-order valence-electron chi connectivity index (χ0n) is 10.8. The molecular formula is C15H17BrClNS. The first-order valence-electron chi connectivity index (χ1n) is 6.41. The van der Waals surface area contributed by atoms with Crippen molar-refractivity contribution in [3.05, 3.63) is 55.6 Å². The van der Waals surface area contributed by atoms with Crippen LogP contribution in [0.15, 0.2) is 40.2 Å². The third-order valence-corrected chi connectivity index (χ3v) is 4.86. The smallest absolute Gasteiger partial charge is 0.0451 e. The summed E-state index contributed by atoms with van der Waals surface area (Å²) in [5.41, 5.74) is 1.13. The highest BCUT2D eigenvalue weighted by atomic mass is 79.9. The summed E-state index contributed by atoms with van der Waals surface area (Å²) in [7, 11) is 0. The van der Waals surface area contributed by atoms with Gasteiger partial charge in [-0.05, 0) is 41.6 Å². The van der Waals surface area contributed by atoms with E-state index in [2.05, 4.69) is 51.7 Å². The van der Waals surface area contributed by atoms with E-state index >= 15 is 0 Å². The van der Waals surface area contributed by atoms with Crippen molar-refractivity contribution in [3.63, 3.8) is 0 Å². The highest BCUT2D eigenvalue weighted by molar-refractivity contribution is 9.10. The van der Waals surface area contributed by atoms with Gasteiger partial charge in [0.05, 0.1) is 0 Å². The summed E-state index contributed by atoms with van der Waals surface area (Å²) in [5.74, 6) is 0. The number of thiophene rings is 1. The molecule has 2 aromatic rings. The fraction of sp³-hybridized carbons (Fsp3) is 0.333. The van der Waals surface area contributed by atoms with Crippen molar-refractivity contribution >= 4 is 38.9 Å². The van der Waals surface area contributed by atoms with Gasteiger partial charge in [0, 0.05) is 27.0 Å². The van der Waals surface area contributed by atoms with Gasteiger partial charge >= 0.3 is 0 Å². The van der Waals surface area contributed by atoms with Crippen LogP contribution in [0.5, 0.6) is 0 Å². The Bertz CT molecular complexity index is 513. The SMILES string of the molecule is CCCC(NCc1cc(Br)ccc1Cl)c1cccs1. The van der Waals surface area contributed by atoms with Gasteiger partial charge in [-0.1, -0.05) is 46.9 Å². The number of rotatable bonds is 6. The first kappa shape index (κ1) is 15.0. The van der Waals surface area contributed by atoms with E-state index in [4.69, 9.17) is 11.6 Å². The Morgan fingerprint density at radius 3 is 2.89 bits per heavy atom. The maximum absolute atomic E-state index is 6.22. The second-order valence-electron chi connectivity index (χ2n) is 4.47. The molecule has 19 heavy (non-hydrogen) atoms. The van der Waals surface area contributed by atoms with E-state index < -0.39 is 0 Å². The van der Waals surface area contributed by atoms with Gasteiger partial charge in [-0.15, -0.1) is 11.3 Å². The first-order valence-corrected chi connectivity index (χ1v) is 8.46. The highest BCUT2D eigenvalue weighted by Crippen LogP contribution is 2.25. The molecule has 0 radical (unpaired) electrons. The average molecular weight is 359 g/mol. The Balaban J connectivity index is 2.04. The van der Waals surface area contributed by atoms with Gasteiger partial charge in [-0.25, -0.2) is 0 Å². The van der Waals surface area contributed by atoms with Crippen LogP contribution < -0.4 is 5.32 Å². The monoisotopic (exact) mass is 357 g/mol. The van der Waals surface area contributed by atoms with Crippen molar-refractivity contribution < 1.29 is 0 Å². The second kappa shape index (κ2) is 7.44. The molecule has 0 aliphatic rings. The summed E-state index contributed by atoms with van der Waals surface area (Å²) in [4.78, 5) is 1.40. The molecule has 2 rings (SSSR count). The molecule has 0 fully saturated rings. The van der Waals surface area contributed by atoms with Crippen LogP contribution in [0.4, 0.5) is 0 Å². The maximum atomic E-state index is 6.22. The molecule has 102 valence electrons. The average Bonchev–Trinajstić information content (AvgIpc) is 2.92. The van der Waals surface area contributed by atoms with Gasteiger partial charge in [0.2, 0.25) is 0 Å². The van der Waals surface area contributed by atoms with Crippen molar-refractivity contribution in [1.82, 2.24) is 5.32 Å². The molecule has 0 spiro atoms. The molecule has 0 aliphatic heterocycles. The zero-order valence-corrected chi connectivity index (χ0v) is 14.0. The molecule has 1 aromatic heterocycles. The highest BCUT2D eigenvalue weighted by Gasteiger charge is 2.11. The summed E-state index contributed by atoms with van der Waals surface area (Å²) in [6.45, 7) is 3.01. The summed E-state index contributed by atoms with van der Waals surface area (Å²) >= 11 is 11.5. The Labute approximate surface area is 132 Å². The van der Waals surface area contributed by atoms with Crippen LogP contribution in [-0.4, -0.2) is 0 Å². The number of hydrogen-bond acceptors (Lipinski definition) is 2. The molecule has 1 N–H and O–H groups in total. The van der Waals surface area contributed by atoms with E-state index in [1.54, 1.807) is 0 Å². The second-order valence-corrected chi connectivity index (χ2v) is 6.78. The molecule has 1 heterocycles. The Morgan fingerprint density at radius 1 is 1.37 bits per heavy atom. The van der Waals surface area contributed by atoms with Gasteiger partial charge in [0.15, 0.2) is 0 Å². The molecule has 0 saturated heterocycles. The molecule has 0 amide bonds. The van der Waals surface area contributed by atoms with Gasteiger partial charge in [-0.2, -0.15) is 0 Å². The largest absolute Gasteiger partial charge is 0.305 e. The van der Waals surface area contributed by atoms with E-state index in [-0.39, 0.29) is 0 Å². The fourth-order valence-electron chi connectivity index (χ4n) is 2.04. The van der Waals surface area contributed by atoms with E-state index in [0.29, 0.717) is 6.04 Å². The molecule has 4 heteroatoms. The summed E-state index contributed by atoms with van der Waals surface area (Å²) in [6, 6.07) is 10.7. The lowest BCUT2D eigenvalue weighted by Gasteiger charge is -2.17. The fourth-order valence-corrected chi connectivity index (χ4v) is 3.46. The zero-order chi connectivity index (χ0) is 13.7. The Morgan fingerprint density at radius 2 is 2.21 bits per heavy atom. The van der Waals surface area contributed by atoms with Crippen molar-refractivity contribution in [3.8, 4) is 0 Å². The molecule has 0 bridgehead atoms. The van der Waals surface area contributed by atoms with Crippen LogP contribution >= 0.6 is 38.9 Å². The van der Waals surface area contributed by atoms with Crippen LogP contribution in [0.2, 0.25) is 5.02 Å². The predicted molar refractivity (Wildman–Crippen MR) is 88.0 cm³/mol. The first-order chi connectivity index (χ1) is 9.20. The van der Waals surface area contributed by atoms with E-state index in [9.17, 15) is 0 Å². The summed E-state index contributed by atoms with van der Waals surface area (Å²) in [6.07, 6.45) is 2.31. The quantitative estimate of drug-likeness (QED) is 0.688. The maximum Gasteiger partial charge on any atom is 0.0451 e. The lowest BCUT2D eigenvalue weighted by Crippen LogP contribution is -2.20. The Kier molecular flexibility index (Phi) is 5.89. The van der Waals surface area contributed by atoms with Crippen LogP contribution in [0.1, 0.15) is 36.2 Å².